The highest BCUT2D eigenvalue weighted by Gasteiger charge is 2.20. The van der Waals surface area contributed by atoms with Crippen LogP contribution in [0.1, 0.15) is 35.3 Å². The molecular weight excluding hydrogens is 360 g/mol. The number of nitrogens with one attached hydrogen (secondary N) is 1. The minimum absolute atomic E-state index is 0.00303. The Balaban J connectivity index is 1.81. The molecule has 1 saturated heterocycles. The number of methoxy groups -OCH3 is 1. The third kappa shape index (κ3) is 6.40. The van der Waals surface area contributed by atoms with Gasteiger partial charge in [-0.25, -0.2) is 4.79 Å². The standard InChI is InChI=1S/C20H30N4O4/c1-14(22-18(25)13-24-10-8-23(2)9-11-24)12-17(21)15-4-6-16(7-5-15)19(26)20(27)28-3/h4-7,14,17H,8-13,21H2,1-3H3,(H,22,25). The van der Waals surface area contributed by atoms with Crippen molar-refractivity contribution in [2.75, 3.05) is 46.9 Å². The summed E-state index contributed by atoms with van der Waals surface area (Å²) in [6.45, 7) is 6.07. The maximum Gasteiger partial charge on any atom is 0.379 e. The van der Waals surface area contributed by atoms with Crippen LogP contribution in [0.3, 0.4) is 0 Å². The number of nitrogens with zero attached hydrogens (tertiary/aromatic N) is 2. The van der Waals surface area contributed by atoms with Crippen molar-refractivity contribution in [3.63, 3.8) is 0 Å². The van der Waals surface area contributed by atoms with E-state index in [1.165, 1.54) is 7.11 Å². The lowest BCUT2D eigenvalue weighted by molar-refractivity contribution is -0.135. The summed E-state index contributed by atoms with van der Waals surface area (Å²) in [6, 6.07) is 6.20. The van der Waals surface area contributed by atoms with Crippen molar-refractivity contribution in [2.24, 2.45) is 5.73 Å². The first-order valence-corrected chi connectivity index (χ1v) is 9.48. The highest BCUT2D eigenvalue weighted by atomic mass is 16.5. The highest BCUT2D eigenvalue weighted by Crippen LogP contribution is 2.17. The fourth-order valence-corrected chi connectivity index (χ4v) is 3.20. The smallest absolute Gasteiger partial charge is 0.379 e. The zero-order valence-corrected chi connectivity index (χ0v) is 16.8. The largest absolute Gasteiger partial charge is 0.463 e. The number of hydrogen-bond donors (Lipinski definition) is 2. The molecule has 8 heteroatoms. The monoisotopic (exact) mass is 390 g/mol. The van der Waals surface area contributed by atoms with Crippen LogP contribution in [-0.4, -0.2) is 80.4 Å². The van der Waals surface area contributed by atoms with Gasteiger partial charge >= 0.3 is 5.97 Å². The summed E-state index contributed by atoms with van der Waals surface area (Å²) in [5.41, 5.74) is 7.33. The number of ketones is 1. The number of ether oxygens (including phenoxy) is 1. The van der Waals surface area contributed by atoms with E-state index in [0.29, 0.717) is 13.0 Å². The zero-order valence-electron chi connectivity index (χ0n) is 16.8. The lowest BCUT2D eigenvalue weighted by atomic mass is 9.99. The molecular formula is C20H30N4O4. The number of hydrogen-bond acceptors (Lipinski definition) is 7. The average Bonchev–Trinajstić information content (AvgIpc) is 2.68. The summed E-state index contributed by atoms with van der Waals surface area (Å²) in [5.74, 6) is -1.58. The van der Waals surface area contributed by atoms with E-state index < -0.39 is 11.8 Å². The molecule has 1 amide bonds. The Hall–Kier alpha value is -2.29. The molecule has 2 unspecified atom stereocenters. The van der Waals surface area contributed by atoms with E-state index in [4.69, 9.17) is 5.73 Å². The zero-order chi connectivity index (χ0) is 20.7. The first-order valence-electron chi connectivity index (χ1n) is 9.48. The Morgan fingerprint density at radius 3 is 2.32 bits per heavy atom. The van der Waals surface area contributed by atoms with Gasteiger partial charge in [0.25, 0.3) is 5.78 Å². The Labute approximate surface area is 166 Å². The van der Waals surface area contributed by atoms with Gasteiger partial charge in [-0.2, -0.15) is 0 Å². The van der Waals surface area contributed by atoms with E-state index in [2.05, 4.69) is 26.9 Å². The van der Waals surface area contributed by atoms with E-state index in [-0.39, 0.29) is 23.6 Å². The lowest BCUT2D eigenvalue weighted by Crippen LogP contribution is -2.49. The van der Waals surface area contributed by atoms with Gasteiger partial charge in [0.15, 0.2) is 0 Å². The first-order chi connectivity index (χ1) is 13.3. The SMILES string of the molecule is COC(=O)C(=O)c1ccc(C(N)CC(C)NC(=O)CN2CCN(C)CC2)cc1. The lowest BCUT2D eigenvalue weighted by Gasteiger charge is -2.32. The maximum absolute atomic E-state index is 12.2. The van der Waals surface area contributed by atoms with Crippen LogP contribution in [0.5, 0.6) is 0 Å². The number of piperazine rings is 1. The number of rotatable bonds is 8. The van der Waals surface area contributed by atoms with Crippen LogP contribution in [0, 0.1) is 0 Å². The molecule has 0 saturated carbocycles. The minimum Gasteiger partial charge on any atom is -0.463 e. The van der Waals surface area contributed by atoms with Gasteiger partial charge in [-0.3, -0.25) is 14.5 Å². The van der Waals surface area contributed by atoms with Gasteiger partial charge in [-0.15, -0.1) is 0 Å². The second-order valence-corrected chi connectivity index (χ2v) is 7.33. The number of benzene rings is 1. The van der Waals surface area contributed by atoms with Crippen LogP contribution in [0.15, 0.2) is 24.3 Å². The van der Waals surface area contributed by atoms with Crippen molar-refractivity contribution in [1.82, 2.24) is 15.1 Å². The second kappa shape index (κ2) is 10.3. The van der Waals surface area contributed by atoms with Gasteiger partial charge in [0.1, 0.15) is 0 Å². The number of esters is 1. The molecule has 1 aliphatic heterocycles. The van der Waals surface area contributed by atoms with Crippen LogP contribution < -0.4 is 11.1 Å². The molecule has 154 valence electrons. The third-order valence-corrected chi connectivity index (χ3v) is 4.95. The van der Waals surface area contributed by atoms with Crippen molar-refractivity contribution in [1.29, 1.82) is 0 Å². The van der Waals surface area contributed by atoms with Crippen LogP contribution in [0.4, 0.5) is 0 Å². The van der Waals surface area contributed by atoms with Gasteiger partial charge < -0.3 is 20.7 Å². The Morgan fingerprint density at radius 2 is 1.75 bits per heavy atom. The molecule has 2 rings (SSSR count). The predicted octanol–water partition coefficient (Wildman–Crippen LogP) is 0.184. The number of amides is 1. The fourth-order valence-electron chi connectivity index (χ4n) is 3.20. The molecule has 1 heterocycles. The normalized spacial score (nSPS) is 17.6. The van der Waals surface area contributed by atoms with E-state index in [9.17, 15) is 14.4 Å². The molecule has 8 nitrogen and oxygen atoms in total. The summed E-state index contributed by atoms with van der Waals surface area (Å²) >= 11 is 0. The molecule has 3 N–H and O–H groups in total. The quantitative estimate of drug-likeness (QED) is 0.371. The molecule has 0 bridgehead atoms. The number of carbonyl (C=O) groups excluding carboxylic acids is 3. The Kier molecular flexibility index (Phi) is 8.10. The fraction of sp³-hybridized carbons (Fsp3) is 0.550. The maximum atomic E-state index is 12.2. The summed E-state index contributed by atoms with van der Waals surface area (Å²) in [7, 11) is 3.25. The molecule has 1 fully saturated rings. The highest BCUT2D eigenvalue weighted by molar-refractivity contribution is 6.40. The van der Waals surface area contributed by atoms with Crippen molar-refractivity contribution in [3.05, 3.63) is 35.4 Å². The molecule has 0 aromatic heterocycles. The summed E-state index contributed by atoms with van der Waals surface area (Å²) < 4.78 is 4.43. The molecule has 1 aromatic rings. The van der Waals surface area contributed by atoms with Crippen LogP contribution in [0.25, 0.3) is 0 Å². The van der Waals surface area contributed by atoms with E-state index in [1.807, 2.05) is 6.92 Å². The number of carbonyl (C=O) groups is 3. The first kappa shape index (κ1) is 22.0. The Bertz CT molecular complexity index is 684. The third-order valence-electron chi connectivity index (χ3n) is 4.95. The number of likely N-dealkylation sites (N-methyl/N-ethyl adjacent to an activating group) is 1. The molecule has 28 heavy (non-hydrogen) atoms. The molecule has 0 aliphatic carbocycles. The van der Waals surface area contributed by atoms with Crippen molar-refractivity contribution in [3.8, 4) is 0 Å². The summed E-state index contributed by atoms with van der Waals surface area (Å²) in [6.07, 6.45) is 0.568. The summed E-state index contributed by atoms with van der Waals surface area (Å²) in [4.78, 5) is 39.7. The van der Waals surface area contributed by atoms with Crippen molar-refractivity contribution < 1.29 is 19.1 Å². The van der Waals surface area contributed by atoms with Crippen molar-refractivity contribution in [2.45, 2.75) is 25.4 Å². The van der Waals surface area contributed by atoms with E-state index in [1.54, 1.807) is 24.3 Å². The molecule has 0 radical (unpaired) electrons. The van der Waals surface area contributed by atoms with E-state index >= 15 is 0 Å². The van der Waals surface area contributed by atoms with Crippen molar-refractivity contribution >= 4 is 17.7 Å². The molecule has 1 aliphatic rings. The van der Waals surface area contributed by atoms with Crippen LogP contribution in [-0.2, 0) is 14.3 Å². The number of nitrogens with two attached hydrogens (primary N) is 1. The van der Waals surface area contributed by atoms with E-state index in [0.717, 1.165) is 31.7 Å². The molecule has 1 aromatic carbocycles. The molecule has 0 spiro atoms. The second-order valence-electron chi connectivity index (χ2n) is 7.33. The Morgan fingerprint density at radius 1 is 1.14 bits per heavy atom. The van der Waals surface area contributed by atoms with Crippen LogP contribution in [0.2, 0.25) is 0 Å². The topological polar surface area (TPSA) is 105 Å². The van der Waals surface area contributed by atoms with Gasteiger partial charge in [-0.05, 0) is 26.0 Å². The minimum atomic E-state index is -0.895. The van der Waals surface area contributed by atoms with Gasteiger partial charge in [-0.1, -0.05) is 24.3 Å². The van der Waals surface area contributed by atoms with Gasteiger partial charge in [0, 0.05) is 43.8 Å². The summed E-state index contributed by atoms with van der Waals surface area (Å²) in [5, 5.41) is 3.00. The number of Topliss-reactive ketones (excluding diaryl/α,β-unsaturated/α-hetero) is 1. The predicted molar refractivity (Wildman–Crippen MR) is 106 cm³/mol. The van der Waals surface area contributed by atoms with Crippen LogP contribution >= 0.6 is 0 Å². The molecule has 2 atom stereocenters. The van der Waals surface area contributed by atoms with Gasteiger partial charge in [0.05, 0.1) is 13.7 Å². The average molecular weight is 390 g/mol. The van der Waals surface area contributed by atoms with Gasteiger partial charge in [0.2, 0.25) is 5.91 Å².